The van der Waals surface area contributed by atoms with E-state index in [1.165, 1.54) is 11.8 Å². The molecule has 0 saturated heterocycles. The summed E-state index contributed by atoms with van der Waals surface area (Å²) in [5.41, 5.74) is 2.34. The molecule has 1 heterocycles. The summed E-state index contributed by atoms with van der Waals surface area (Å²) in [4.78, 5) is 6.40. The second-order valence-corrected chi connectivity index (χ2v) is 7.34. The summed E-state index contributed by atoms with van der Waals surface area (Å²) in [7, 11) is 0.734. The third kappa shape index (κ3) is 4.21. The van der Waals surface area contributed by atoms with E-state index in [2.05, 4.69) is 34.6 Å². The molecule has 2 aromatic rings. The lowest BCUT2D eigenvalue weighted by molar-refractivity contribution is 0.602. The van der Waals surface area contributed by atoms with Gasteiger partial charge in [0.1, 0.15) is 10.7 Å². The molecule has 0 unspecified atom stereocenters. The molecule has 0 radical (unpaired) electrons. The molecule has 2 rings (SSSR count). The molecule has 0 aliphatic heterocycles. The van der Waals surface area contributed by atoms with Crippen molar-refractivity contribution in [1.29, 1.82) is 0 Å². The predicted molar refractivity (Wildman–Crippen MR) is 90.3 cm³/mol. The number of sulfone groups is 1. The van der Waals surface area contributed by atoms with Crippen LogP contribution < -0.4 is 10.2 Å². The first-order valence-corrected chi connectivity index (χ1v) is 8.92. The highest BCUT2D eigenvalue weighted by Gasteiger charge is 2.13. The molecule has 22 heavy (non-hydrogen) atoms. The van der Waals surface area contributed by atoms with E-state index >= 15 is 0 Å². The van der Waals surface area contributed by atoms with Gasteiger partial charge in [-0.25, -0.2) is 13.4 Å². The minimum Gasteiger partial charge on any atom is -0.378 e. The molecular formula is C16H21N3O2S. The number of anilines is 2. The van der Waals surface area contributed by atoms with Crippen molar-refractivity contribution in [1.82, 2.24) is 4.98 Å². The fourth-order valence-electron chi connectivity index (χ4n) is 2.11. The Bertz CT molecular complexity index is 725. The number of hydrogen-bond donors (Lipinski definition) is 1. The molecule has 0 aliphatic rings. The molecule has 0 fully saturated rings. The van der Waals surface area contributed by atoms with Crippen molar-refractivity contribution >= 4 is 21.3 Å². The fraction of sp³-hybridized carbons (Fsp3) is 0.312. The largest absolute Gasteiger partial charge is 0.378 e. The van der Waals surface area contributed by atoms with Crippen LogP contribution in [0.25, 0.3) is 0 Å². The molecule has 6 heteroatoms. The maximum absolute atomic E-state index is 11.7. The first kappa shape index (κ1) is 16.3. The van der Waals surface area contributed by atoms with E-state index in [4.69, 9.17) is 0 Å². The smallest absolute Gasteiger partial charge is 0.179 e. The number of benzene rings is 1. The third-order valence-corrected chi connectivity index (χ3v) is 4.46. The highest BCUT2D eigenvalue weighted by Crippen LogP contribution is 2.18. The summed E-state index contributed by atoms with van der Waals surface area (Å²) in [6.07, 6.45) is 3.57. The minimum absolute atomic E-state index is 0.234. The molecule has 118 valence electrons. The van der Waals surface area contributed by atoms with Gasteiger partial charge >= 0.3 is 0 Å². The van der Waals surface area contributed by atoms with Gasteiger partial charge in [0.25, 0.3) is 0 Å². The predicted octanol–water partition coefficient (Wildman–Crippen LogP) is 2.21. The molecular weight excluding hydrogens is 298 g/mol. The number of hydrogen-bond acceptors (Lipinski definition) is 5. The van der Waals surface area contributed by atoms with Gasteiger partial charge in [0.15, 0.2) is 9.84 Å². The summed E-state index contributed by atoms with van der Waals surface area (Å²) in [5.74, 6) is 0.412. The highest BCUT2D eigenvalue weighted by atomic mass is 32.2. The Morgan fingerprint density at radius 3 is 2.41 bits per heavy atom. The summed E-state index contributed by atoms with van der Waals surface area (Å²) in [6, 6.07) is 11.5. The quantitative estimate of drug-likeness (QED) is 0.884. The number of nitrogens with one attached hydrogen (secondary N) is 1. The van der Waals surface area contributed by atoms with Crippen LogP contribution in [-0.2, 0) is 16.3 Å². The number of nitrogens with zero attached hydrogens (tertiary/aromatic N) is 2. The molecule has 5 nitrogen and oxygen atoms in total. The van der Waals surface area contributed by atoms with Crippen molar-refractivity contribution in [2.75, 3.05) is 37.1 Å². The molecule has 1 aromatic carbocycles. The van der Waals surface area contributed by atoms with E-state index in [0.29, 0.717) is 12.4 Å². The van der Waals surface area contributed by atoms with Crippen LogP contribution in [0.2, 0.25) is 0 Å². The lowest BCUT2D eigenvalue weighted by Crippen LogP contribution is -2.11. The zero-order chi connectivity index (χ0) is 16.2. The molecule has 0 amide bonds. The van der Waals surface area contributed by atoms with Gasteiger partial charge in [-0.3, -0.25) is 0 Å². The van der Waals surface area contributed by atoms with E-state index in [-0.39, 0.29) is 4.90 Å². The Morgan fingerprint density at radius 2 is 1.82 bits per heavy atom. The standard InChI is InChI=1S/C16H21N3O2S/c1-19(2)14-8-6-13(7-9-14)10-12-18-16-15(22(3,20)21)5-4-11-17-16/h4-9,11H,10,12H2,1-3H3,(H,17,18). The lowest BCUT2D eigenvalue weighted by atomic mass is 10.1. The SMILES string of the molecule is CN(C)c1ccc(CCNc2ncccc2S(C)(=O)=O)cc1. The first-order chi connectivity index (χ1) is 10.4. The van der Waals surface area contributed by atoms with E-state index < -0.39 is 9.84 Å². The van der Waals surface area contributed by atoms with Crippen LogP contribution in [-0.4, -0.2) is 40.3 Å². The number of aromatic nitrogens is 1. The fourth-order valence-corrected chi connectivity index (χ4v) is 2.91. The Morgan fingerprint density at radius 1 is 1.14 bits per heavy atom. The number of pyridine rings is 1. The Hall–Kier alpha value is -2.08. The van der Waals surface area contributed by atoms with Crippen LogP contribution in [0.15, 0.2) is 47.5 Å². The van der Waals surface area contributed by atoms with E-state index in [1.54, 1.807) is 18.3 Å². The van der Waals surface area contributed by atoms with Gasteiger partial charge in [0, 0.05) is 38.8 Å². The minimum atomic E-state index is -3.27. The van der Waals surface area contributed by atoms with Gasteiger partial charge < -0.3 is 10.2 Å². The van der Waals surface area contributed by atoms with Crippen molar-refractivity contribution in [3.05, 3.63) is 48.2 Å². The Labute approximate surface area is 131 Å². The summed E-state index contributed by atoms with van der Waals surface area (Å²) >= 11 is 0. The second-order valence-electron chi connectivity index (χ2n) is 5.36. The van der Waals surface area contributed by atoms with Crippen molar-refractivity contribution in [2.45, 2.75) is 11.3 Å². The Kier molecular flexibility index (Phi) is 5.03. The van der Waals surface area contributed by atoms with Crippen LogP contribution in [0.5, 0.6) is 0 Å². The first-order valence-electron chi connectivity index (χ1n) is 7.03. The van der Waals surface area contributed by atoms with Gasteiger partial charge in [0.05, 0.1) is 0 Å². The average Bonchev–Trinajstić information content (AvgIpc) is 2.47. The van der Waals surface area contributed by atoms with Gasteiger partial charge in [-0.2, -0.15) is 0 Å². The molecule has 0 saturated carbocycles. The van der Waals surface area contributed by atoms with Gasteiger partial charge in [-0.1, -0.05) is 12.1 Å². The maximum atomic E-state index is 11.7. The van der Waals surface area contributed by atoms with Crippen LogP contribution in [0.3, 0.4) is 0 Å². The van der Waals surface area contributed by atoms with Crippen molar-refractivity contribution in [3.63, 3.8) is 0 Å². The van der Waals surface area contributed by atoms with E-state index in [9.17, 15) is 8.42 Å². The van der Waals surface area contributed by atoms with Crippen molar-refractivity contribution < 1.29 is 8.42 Å². The zero-order valence-corrected chi connectivity index (χ0v) is 13.9. The van der Waals surface area contributed by atoms with Crippen LogP contribution in [0, 0.1) is 0 Å². The zero-order valence-electron chi connectivity index (χ0n) is 13.1. The second kappa shape index (κ2) is 6.79. The number of rotatable bonds is 6. The van der Waals surface area contributed by atoms with Crippen molar-refractivity contribution in [2.24, 2.45) is 0 Å². The molecule has 1 N–H and O–H groups in total. The van der Waals surface area contributed by atoms with Gasteiger partial charge in [0.2, 0.25) is 0 Å². The summed E-state index contributed by atoms with van der Waals surface area (Å²) in [5, 5.41) is 3.10. The van der Waals surface area contributed by atoms with Gasteiger partial charge in [-0.05, 0) is 36.2 Å². The van der Waals surface area contributed by atoms with Crippen LogP contribution in [0.1, 0.15) is 5.56 Å². The highest BCUT2D eigenvalue weighted by molar-refractivity contribution is 7.90. The molecule has 0 bridgehead atoms. The molecule has 0 spiro atoms. The van der Waals surface area contributed by atoms with Crippen LogP contribution in [0.4, 0.5) is 11.5 Å². The Balaban J connectivity index is 2.00. The van der Waals surface area contributed by atoms with Gasteiger partial charge in [-0.15, -0.1) is 0 Å². The topological polar surface area (TPSA) is 62.3 Å². The van der Waals surface area contributed by atoms with Crippen molar-refractivity contribution in [3.8, 4) is 0 Å². The summed E-state index contributed by atoms with van der Waals surface area (Å²) in [6.45, 7) is 0.626. The average molecular weight is 319 g/mol. The molecule has 0 atom stereocenters. The molecule has 1 aromatic heterocycles. The lowest BCUT2D eigenvalue weighted by Gasteiger charge is -2.13. The normalized spacial score (nSPS) is 11.2. The summed E-state index contributed by atoms with van der Waals surface area (Å²) < 4.78 is 23.4. The van der Waals surface area contributed by atoms with E-state index in [0.717, 1.165) is 12.1 Å². The van der Waals surface area contributed by atoms with E-state index in [1.807, 2.05) is 19.0 Å². The molecule has 0 aliphatic carbocycles. The monoisotopic (exact) mass is 319 g/mol. The third-order valence-electron chi connectivity index (χ3n) is 3.33. The maximum Gasteiger partial charge on any atom is 0.179 e. The van der Waals surface area contributed by atoms with Crippen LogP contribution >= 0.6 is 0 Å².